The fourth-order valence-electron chi connectivity index (χ4n) is 1.47. The summed E-state index contributed by atoms with van der Waals surface area (Å²) >= 11 is 0. The number of rotatable bonds is 6. The number of hydrogen-bond acceptors (Lipinski definition) is 4. The molecule has 0 saturated heterocycles. The van der Waals surface area contributed by atoms with Crippen molar-refractivity contribution in [3.8, 4) is 5.88 Å². The summed E-state index contributed by atoms with van der Waals surface area (Å²) in [6.45, 7) is 0. The third-order valence-corrected chi connectivity index (χ3v) is 2.21. The van der Waals surface area contributed by atoms with Gasteiger partial charge in [0.05, 0.1) is 20.0 Å². The molecule has 0 bridgehead atoms. The van der Waals surface area contributed by atoms with E-state index < -0.39 is 17.9 Å². The van der Waals surface area contributed by atoms with E-state index in [1.54, 1.807) is 18.2 Å². The summed E-state index contributed by atoms with van der Waals surface area (Å²) < 4.78 is 4.91. The van der Waals surface area contributed by atoms with E-state index in [2.05, 4.69) is 4.98 Å². The Balaban J connectivity index is 2.94. The second-order valence-corrected chi connectivity index (χ2v) is 3.50. The van der Waals surface area contributed by atoms with Crippen LogP contribution in [-0.4, -0.2) is 34.2 Å². The van der Waals surface area contributed by atoms with E-state index in [4.69, 9.17) is 14.9 Å². The molecule has 6 heteroatoms. The lowest BCUT2D eigenvalue weighted by Crippen LogP contribution is -2.12. The zero-order valence-corrected chi connectivity index (χ0v) is 9.29. The van der Waals surface area contributed by atoms with Crippen LogP contribution in [0.15, 0.2) is 18.2 Å². The first kappa shape index (κ1) is 13.0. The number of aromatic nitrogens is 1. The quantitative estimate of drug-likeness (QED) is 0.772. The largest absolute Gasteiger partial charge is 0.481 e. The highest BCUT2D eigenvalue weighted by Gasteiger charge is 2.20. The van der Waals surface area contributed by atoms with Gasteiger partial charge in [-0.15, -0.1) is 0 Å². The minimum absolute atomic E-state index is 0.271. The monoisotopic (exact) mass is 239 g/mol. The first-order valence-corrected chi connectivity index (χ1v) is 4.97. The third-order valence-electron chi connectivity index (χ3n) is 2.21. The summed E-state index contributed by atoms with van der Waals surface area (Å²) in [6.07, 6.45) is -0.543. The van der Waals surface area contributed by atoms with E-state index in [0.29, 0.717) is 11.6 Å². The second-order valence-electron chi connectivity index (χ2n) is 3.50. The van der Waals surface area contributed by atoms with Crippen LogP contribution in [0.1, 0.15) is 24.5 Å². The van der Waals surface area contributed by atoms with Crippen LogP contribution in [-0.2, 0) is 9.59 Å². The molecule has 0 aromatic carbocycles. The van der Waals surface area contributed by atoms with Gasteiger partial charge in [-0.2, -0.15) is 0 Å². The van der Waals surface area contributed by atoms with E-state index >= 15 is 0 Å². The van der Waals surface area contributed by atoms with Gasteiger partial charge in [-0.3, -0.25) is 9.59 Å². The van der Waals surface area contributed by atoms with Gasteiger partial charge in [-0.1, -0.05) is 6.07 Å². The Labute approximate surface area is 97.9 Å². The Hall–Kier alpha value is -2.11. The van der Waals surface area contributed by atoms with Crippen molar-refractivity contribution in [3.63, 3.8) is 0 Å². The van der Waals surface area contributed by atoms with Gasteiger partial charge in [0.1, 0.15) is 0 Å². The van der Waals surface area contributed by atoms with Gasteiger partial charge in [-0.05, 0) is 6.07 Å². The lowest BCUT2D eigenvalue weighted by Gasteiger charge is -2.12. The van der Waals surface area contributed by atoms with Crippen molar-refractivity contribution in [2.24, 2.45) is 0 Å². The van der Waals surface area contributed by atoms with Crippen LogP contribution >= 0.6 is 0 Å². The molecule has 0 aliphatic heterocycles. The highest BCUT2D eigenvalue weighted by molar-refractivity contribution is 5.72. The number of ether oxygens (including phenoxy) is 1. The Kier molecular flexibility index (Phi) is 4.45. The van der Waals surface area contributed by atoms with Crippen LogP contribution in [0.3, 0.4) is 0 Å². The molecule has 1 aromatic heterocycles. The molecule has 6 nitrogen and oxygen atoms in total. The van der Waals surface area contributed by atoms with Gasteiger partial charge in [0.25, 0.3) is 0 Å². The number of carboxylic acid groups (broad SMARTS) is 2. The molecule has 0 saturated carbocycles. The summed E-state index contributed by atoms with van der Waals surface area (Å²) in [5, 5.41) is 17.5. The number of hydrogen-bond donors (Lipinski definition) is 2. The molecule has 1 aromatic rings. The SMILES string of the molecule is COc1cccc(C(CC(=O)O)CC(=O)O)n1. The Morgan fingerprint density at radius 1 is 1.29 bits per heavy atom. The molecule has 0 atom stereocenters. The van der Waals surface area contributed by atoms with Crippen molar-refractivity contribution >= 4 is 11.9 Å². The molecule has 0 spiro atoms. The van der Waals surface area contributed by atoms with Gasteiger partial charge < -0.3 is 14.9 Å². The Bertz CT molecular complexity index is 402. The number of pyridine rings is 1. The molecule has 0 aliphatic carbocycles. The lowest BCUT2D eigenvalue weighted by molar-refractivity contribution is -0.139. The summed E-state index contributed by atoms with van der Waals surface area (Å²) in [6, 6.07) is 4.86. The molecular weight excluding hydrogens is 226 g/mol. The van der Waals surface area contributed by atoms with E-state index in [-0.39, 0.29) is 12.8 Å². The first-order valence-electron chi connectivity index (χ1n) is 4.97. The second kappa shape index (κ2) is 5.83. The van der Waals surface area contributed by atoms with E-state index in [1.165, 1.54) is 7.11 Å². The molecule has 1 rings (SSSR count). The molecule has 17 heavy (non-hydrogen) atoms. The Morgan fingerprint density at radius 3 is 2.35 bits per heavy atom. The minimum Gasteiger partial charge on any atom is -0.481 e. The van der Waals surface area contributed by atoms with Crippen LogP contribution in [0, 0.1) is 0 Å². The first-order chi connectivity index (χ1) is 8.02. The topological polar surface area (TPSA) is 96.7 Å². The number of methoxy groups -OCH3 is 1. The molecule has 0 amide bonds. The maximum absolute atomic E-state index is 10.7. The molecule has 2 N–H and O–H groups in total. The Morgan fingerprint density at radius 2 is 1.88 bits per heavy atom. The van der Waals surface area contributed by atoms with E-state index in [1.807, 2.05) is 0 Å². The lowest BCUT2D eigenvalue weighted by atomic mass is 9.97. The van der Waals surface area contributed by atoms with E-state index in [0.717, 1.165) is 0 Å². The van der Waals surface area contributed by atoms with Gasteiger partial charge in [0.15, 0.2) is 0 Å². The van der Waals surface area contributed by atoms with Crippen LogP contribution in [0.5, 0.6) is 5.88 Å². The molecule has 1 heterocycles. The van der Waals surface area contributed by atoms with Crippen LogP contribution in [0.2, 0.25) is 0 Å². The van der Waals surface area contributed by atoms with Crippen molar-refractivity contribution in [2.75, 3.05) is 7.11 Å². The molecule has 0 radical (unpaired) electrons. The van der Waals surface area contributed by atoms with Crippen LogP contribution < -0.4 is 4.74 Å². The van der Waals surface area contributed by atoms with Crippen LogP contribution in [0.4, 0.5) is 0 Å². The number of aliphatic carboxylic acids is 2. The van der Waals surface area contributed by atoms with Gasteiger partial charge in [0.2, 0.25) is 5.88 Å². The molecular formula is C11H13NO5. The molecule has 0 aliphatic rings. The van der Waals surface area contributed by atoms with Crippen molar-refractivity contribution in [1.29, 1.82) is 0 Å². The molecule has 92 valence electrons. The highest BCUT2D eigenvalue weighted by Crippen LogP contribution is 2.23. The van der Waals surface area contributed by atoms with Crippen molar-refractivity contribution in [1.82, 2.24) is 4.98 Å². The minimum atomic E-state index is -1.05. The van der Waals surface area contributed by atoms with Crippen molar-refractivity contribution < 1.29 is 24.5 Å². The average Bonchev–Trinajstić information content (AvgIpc) is 2.27. The number of carboxylic acids is 2. The smallest absolute Gasteiger partial charge is 0.304 e. The van der Waals surface area contributed by atoms with Crippen molar-refractivity contribution in [2.45, 2.75) is 18.8 Å². The summed E-state index contributed by atoms with van der Waals surface area (Å²) in [7, 11) is 1.44. The summed E-state index contributed by atoms with van der Waals surface area (Å²) in [4.78, 5) is 25.4. The predicted molar refractivity (Wildman–Crippen MR) is 58.0 cm³/mol. The van der Waals surface area contributed by atoms with E-state index in [9.17, 15) is 9.59 Å². The fourth-order valence-corrected chi connectivity index (χ4v) is 1.47. The number of carbonyl (C=O) groups is 2. The van der Waals surface area contributed by atoms with Gasteiger partial charge in [0, 0.05) is 17.7 Å². The fraction of sp³-hybridized carbons (Fsp3) is 0.364. The van der Waals surface area contributed by atoms with Gasteiger partial charge >= 0.3 is 11.9 Å². The zero-order valence-electron chi connectivity index (χ0n) is 9.29. The maximum atomic E-state index is 10.7. The molecule has 0 unspecified atom stereocenters. The zero-order chi connectivity index (χ0) is 12.8. The predicted octanol–water partition coefficient (Wildman–Crippen LogP) is 1.12. The summed E-state index contributed by atoms with van der Waals surface area (Å²) in [5.74, 6) is -2.43. The maximum Gasteiger partial charge on any atom is 0.304 e. The summed E-state index contributed by atoms with van der Waals surface area (Å²) in [5.41, 5.74) is 0.411. The van der Waals surface area contributed by atoms with Crippen molar-refractivity contribution in [3.05, 3.63) is 23.9 Å². The molecule has 0 fully saturated rings. The van der Waals surface area contributed by atoms with Gasteiger partial charge in [-0.25, -0.2) is 4.98 Å². The normalized spacial score (nSPS) is 10.2. The standard InChI is InChI=1S/C11H13NO5/c1-17-9-4-2-3-8(12-9)7(5-10(13)14)6-11(15)16/h2-4,7H,5-6H2,1H3,(H,13,14)(H,15,16). The van der Waals surface area contributed by atoms with Crippen LogP contribution in [0.25, 0.3) is 0 Å². The average molecular weight is 239 g/mol. The third kappa shape index (κ3) is 4.10. The number of nitrogens with zero attached hydrogens (tertiary/aromatic N) is 1. The highest BCUT2D eigenvalue weighted by atomic mass is 16.5.